The molecule has 16 heavy (non-hydrogen) atoms. The number of nitrogen functional groups attached to an aromatic ring is 1. The van der Waals surface area contributed by atoms with E-state index in [9.17, 15) is 18.0 Å². The molecule has 0 saturated carbocycles. The molecule has 0 radical (unpaired) electrons. The number of carbonyl (C=O) groups is 1. The van der Waals surface area contributed by atoms with Crippen molar-refractivity contribution in [2.75, 3.05) is 5.73 Å². The molecule has 4 N–H and O–H groups in total. The van der Waals surface area contributed by atoms with Crippen LogP contribution in [0.5, 0.6) is 5.75 Å². The highest BCUT2D eigenvalue weighted by Crippen LogP contribution is 2.37. The van der Waals surface area contributed by atoms with Gasteiger partial charge in [0.15, 0.2) is 5.75 Å². The van der Waals surface area contributed by atoms with E-state index in [1.807, 2.05) is 0 Å². The van der Waals surface area contributed by atoms with Crippen LogP contribution in [0.15, 0.2) is 12.1 Å². The molecule has 0 bridgehead atoms. The number of nitrogens with two attached hydrogens (primary N) is 2. The summed E-state index contributed by atoms with van der Waals surface area (Å²) in [5.74, 6) is -1.80. The van der Waals surface area contributed by atoms with E-state index in [0.717, 1.165) is 12.1 Å². The van der Waals surface area contributed by atoms with Gasteiger partial charge in [0.1, 0.15) is 0 Å². The monoisotopic (exact) mass is 254 g/mol. The number of benzene rings is 1. The van der Waals surface area contributed by atoms with Crippen molar-refractivity contribution in [3.8, 4) is 5.75 Å². The number of halogens is 4. The van der Waals surface area contributed by atoms with Gasteiger partial charge in [0.2, 0.25) is 0 Å². The minimum Gasteiger partial charge on any atom is -0.402 e. The third-order valence-corrected chi connectivity index (χ3v) is 1.93. The normalized spacial score (nSPS) is 11.2. The Balaban J connectivity index is 3.27. The Hall–Kier alpha value is -1.63. The SMILES string of the molecule is NC(=O)c1ccc(Cl)c(OC(F)(F)F)c1N. The van der Waals surface area contributed by atoms with Crippen LogP contribution in [-0.4, -0.2) is 12.3 Å². The van der Waals surface area contributed by atoms with Gasteiger partial charge >= 0.3 is 6.36 Å². The van der Waals surface area contributed by atoms with Crippen molar-refractivity contribution < 1.29 is 22.7 Å². The van der Waals surface area contributed by atoms with Gasteiger partial charge in [-0.05, 0) is 12.1 Å². The molecule has 1 aromatic rings. The van der Waals surface area contributed by atoms with Crippen LogP contribution in [0.1, 0.15) is 10.4 Å². The molecule has 8 heteroatoms. The predicted molar refractivity (Wildman–Crippen MR) is 51.1 cm³/mol. The van der Waals surface area contributed by atoms with Gasteiger partial charge < -0.3 is 16.2 Å². The molecule has 0 aliphatic rings. The number of rotatable bonds is 2. The number of carbonyl (C=O) groups excluding carboxylic acids is 1. The Morgan fingerprint density at radius 3 is 2.38 bits per heavy atom. The van der Waals surface area contributed by atoms with E-state index in [2.05, 4.69) is 4.74 Å². The average molecular weight is 255 g/mol. The number of primary amides is 1. The third-order valence-electron chi connectivity index (χ3n) is 1.63. The fraction of sp³-hybridized carbons (Fsp3) is 0.125. The smallest absolute Gasteiger partial charge is 0.402 e. The zero-order chi connectivity index (χ0) is 12.5. The van der Waals surface area contributed by atoms with Gasteiger partial charge in [-0.15, -0.1) is 13.2 Å². The first kappa shape index (κ1) is 12.4. The molecular formula is C8H6ClF3N2O2. The number of hydrogen-bond acceptors (Lipinski definition) is 3. The summed E-state index contributed by atoms with van der Waals surface area (Å²) in [4.78, 5) is 10.8. The second-order valence-electron chi connectivity index (χ2n) is 2.75. The highest BCUT2D eigenvalue weighted by atomic mass is 35.5. The Kier molecular flexibility index (Phi) is 3.18. The summed E-state index contributed by atoms with van der Waals surface area (Å²) in [6, 6.07) is 2.16. The lowest BCUT2D eigenvalue weighted by Crippen LogP contribution is -2.20. The summed E-state index contributed by atoms with van der Waals surface area (Å²) in [6.07, 6.45) is -4.95. The highest BCUT2D eigenvalue weighted by Gasteiger charge is 2.33. The van der Waals surface area contributed by atoms with Crippen molar-refractivity contribution in [2.24, 2.45) is 5.73 Å². The summed E-state index contributed by atoms with van der Waals surface area (Å²) in [5.41, 5.74) is 9.35. The van der Waals surface area contributed by atoms with Gasteiger partial charge in [-0.1, -0.05) is 11.6 Å². The second-order valence-corrected chi connectivity index (χ2v) is 3.16. The quantitative estimate of drug-likeness (QED) is 0.792. The van der Waals surface area contributed by atoms with Crippen molar-refractivity contribution in [3.63, 3.8) is 0 Å². The maximum absolute atomic E-state index is 12.0. The zero-order valence-electron chi connectivity index (χ0n) is 7.64. The molecule has 4 nitrogen and oxygen atoms in total. The Labute approximate surface area is 92.9 Å². The van der Waals surface area contributed by atoms with Gasteiger partial charge in [-0.2, -0.15) is 0 Å². The van der Waals surface area contributed by atoms with Crippen molar-refractivity contribution in [2.45, 2.75) is 6.36 Å². The van der Waals surface area contributed by atoms with Crippen LogP contribution in [0.3, 0.4) is 0 Å². The van der Waals surface area contributed by atoms with Crippen LogP contribution in [0.25, 0.3) is 0 Å². The molecule has 0 aliphatic carbocycles. The summed E-state index contributed by atoms with van der Waals surface area (Å²) in [7, 11) is 0. The molecule has 1 amide bonds. The van der Waals surface area contributed by atoms with Crippen molar-refractivity contribution >= 4 is 23.2 Å². The molecule has 0 aromatic heterocycles. The number of alkyl halides is 3. The highest BCUT2D eigenvalue weighted by molar-refractivity contribution is 6.32. The van der Waals surface area contributed by atoms with E-state index >= 15 is 0 Å². The van der Waals surface area contributed by atoms with Gasteiger partial charge in [-0.25, -0.2) is 0 Å². The molecule has 88 valence electrons. The van der Waals surface area contributed by atoms with Gasteiger partial charge in [0, 0.05) is 0 Å². The lowest BCUT2D eigenvalue weighted by molar-refractivity contribution is -0.274. The van der Waals surface area contributed by atoms with Gasteiger partial charge in [0.25, 0.3) is 5.91 Å². The summed E-state index contributed by atoms with van der Waals surface area (Å²) in [6.45, 7) is 0. The number of hydrogen-bond donors (Lipinski definition) is 2. The van der Waals surface area contributed by atoms with E-state index in [1.54, 1.807) is 0 Å². The first-order chi connectivity index (χ1) is 7.22. The van der Waals surface area contributed by atoms with E-state index in [4.69, 9.17) is 23.1 Å². The largest absolute Gasteiger partial charge is 0.573 e. The van der Waals surface area contributed by atoms with Crippen LogP contribution in [0.2, 0.25) is 5.02 Å². The van der Waals surface area contributed by atoms with Crippen LogP contribution in [0.4, 0.5) is 18.9 Å². The zero-order valence-corrected chi connectivity index (χ0v) is 8.39. The number of ether oxygens (including phenoxy) is 1. The summed E-state index contributed by atoms with van der Waals surface area (Å²) < 4.78 is 39.5. The molecule has 0 unspecified atom stereocenters. The standard InChI is InChI=1S/C8H6ClF3N2O2/c9-4-2-1-3(7(14)15)5(13)6(4)16-8(10,11)12/h1-2H,13H2,(H2,14,15). The van der Waals surface area contributed by atoms with Crippen LogP contribution in [-0.2, 0) is 0 Å². The summed E-state index contributed by atoms with van der Waals surface area (Å²) >= 11 is 5.46. The summed E-state index contributed by atoms with van der Waals surface area (Å²) in [5, 5.41) is -0.361. The van der Waals surface area contributed by atoms with Crippen molar-refractivity contribution in [3.05, 3.63) is 22.7 Å². The topological polar surface area (TPSA) is 78.3 Å². The molecule has 0 heterocycles. The number of anilines is 1. The Bertz CT molecular complexity index is 434. The Morgan fingerprint density at radius 1 is 1.38 bits per heavy atom. The average Bonchev–Trinajstić information content (AvgIpc) is 2.10. The van der Waals surface area contributed by atoms with E-state index in [0.29, 0.717) is 0 Å². The molecule has 1 rings (SSSR count). The Morgan fingerprint density at radius 2 is 1.94 bits per heavy atom. The maximum atomic E-state index is 12.0. The predicted octanol–water partition coefficient (Wildman–Crippen LogP) is 1.92. The minimum absolute atomic E-state index is 0.288. The molecule has 0 fully saturated rings. The molecule has 1 aromatic carbocycles. The lowest BCUT2D eigenvalue weighted by Gasteiger charge is -2.14. The first-order valence-corrected chi connectivity index (χ1v) is 4.23. The molecule has 0 atom stereocenters. The third kappa shape index (κ3) is 2.69. The van der Waals surface area contributed by atoms with Gasteiger partial charge in [0.05, 0.1) is 16.3 Å². The fourth-order valence-corrected chi connectivity index (χ4v) is 1.21. The molecular weight excluding hydrogens is 249 g/mol. The second kappa shape index (κ2) is 4.09. The molecule has 0 aliphatic heterocycles. The van der Waals surface area contributed by atoms with Crippen molar-refractivity contribution in [1.82, 2.24) is 0 Å². The maximum Gasteiger partial charge on any atom is 0.573 e. The first-order valence-electron chi connectivity index (χ1n) is 3.86. The van der Waals surface area contributed by atoms with E-state index in [1.165, 1.54) is 0 Å². The van der Waals surface area contributed by atoms with E-state index in [-0.39, 0.29) is 10.6 Å². The molecule has 0 saturated heterocycles. The van der Waals surface area contributed by atoms with Crippen molar-refractivity contribution in [1.29, 1.82) is 0 Å². The number of amides is 1. The van der Waals surface area contributed by atoms with Crippen LogP contribution >= 0.6 is 11.6 Å². The lowest BCUT2D eigenvalue weighted by atomic mass is 10.1. The fourth-order valence-electron chi connectivity index (χ4n) is 1.01. The van der Waals surface area contributed by atoms with E-state index < -0.39 is 23.7 Å². The minimum atomic E-state index is -4.95. The van der Waals surface area contributed by atoms with Crippen LogP contribution < -0.4 is 16.2 Å². The molecule has 0 spiro atoms. The van der Waals surface area contributed by atoms with Crippen LogP contribution in [0, 0.1) is 0 Å². The van der Waals surface area contributed by atoms with Gasteiger partial charge in [-0.3, -0.25) is 4.79 Å².